The van der Waals surface area contributed by atoms with Gasteiger partial charge in [0.1, 0.15) is 12.1 Å². The van der Waals surface area contributed by atoms with E-state index < -0.39 is 24.2 Å². The highest BCUT2D eigenvalue weighted by Crippen LogP contribution is 2.39. The van der Waals surface area contributed by atoms with Crippen molar-refractivity contribution in [1.82, 2.24) is 29.6 Å². The van der Waals surface area contributed by atoms with E-state index in [0.29, 0.717) is 36.6 Å². The van der Waals surface area contributed by atoms with Gasteiger partial charge in [-0.3, -0.25) is 14.5 Å². The number of nitrogens with zero attached hydrogens (tertiary/aromatic N) is 5. The van der Waals surface area contributed by atoms with Gasteiger partial charge in [-0.05, 0) is 38.3 Å². The number of aromatic nitrogens is 4. The van der Waals surface area contributed by atoms with Crippen LogP contribution in [0.2, 0.25) is 0 Å². The number of carbonyl (C=O) groups is 1. The van der Waals surface area contributed by atoms with Gasteiger partial charge >= 0.3 is 6.18 Å². The standard InChI is InChI=1S/C20H27F3N6O2/c1-12(2)18-26-28(19(31)16-8-15(13-5-6-13)25-29(16)18)10-17(30)24-14-4-3-7-27(9-14)11-20(21,22)23/h8,12-14H,3-7,9-11H2,1-2H3,(H,24,30)/t14-/m1/s1. The van der Waals surface area contributed by atoms with Crippen molar-refractivity contribution >= 4 is 11.4 Å². The summed E-state index contributed by atoms with van der Waals surface area (Å²) in [6.07, 6.45) is -0.986. The number of halogens is 3. The van der Waals surface area contributed by atoms with Gasteiger partial charge in [-0.1, -0.05) is 13.8 Å². The van der Waals surface area contributed by atoms with E-state index in [-0.39, 0.29) is 25.0 Å². The van der Waals surface area contributed by atoms with Crippen LogP contribution in [0.1, 0.15) is 62.9 Å². The molecule has 0 aromatic carbocycles. The number of amides is 1. The van der Waals surface area contributed by atoms with E-state index in [0.717, 1.165) is 23.2 Å². The monoisotopic (exact) mass is 440 g/mol. The molecule has 2 aliphatic rings. The van der Waals surface area contributed by atoms with Crippen LogP contribution in [-0.4, -0.2) is 62.1 Å². The molecule has 1 aliphatic carbocycles. The van der Waals surface area contributed by atoms with Gasteiger partial charge < -0.3 is 5.32 Å². The van der Waals surface area contributed by atoms with Crippen LogP contribution in [0.25, 0.3) is 5.52 Å². The molecule has 2 aromatic rings. The third kappa shape index (κ3) is 5.08. The Morgan fingerprint density at radius 3 is 2.65 bits per heavy atom. The Labute approximate surface area is 177 Å². The van der Waals surface area contributed by atoms with Crippen LogP contribution < -0.4 is 10.9 Å². The number of rotatable bonds is 6. The van der Waals surface area contributed by atoms with E-state index in [1.54, 1.807) is 10.6 Å². The maximum absolute atomic E-state index is 12.9. The second-order valence-corrected chi connectivity index (χ2v) is 8.87. The summed E-state index contributed by atoms with van der Waals surface area (Å²) < 4.78 is 40.7. The minimum Gasteiger partial charge on any atom is -0.350 e. The largest absolute Gasteiger partial charge is 0.401 e. The molecule has 11 heteroatoms. The fourth-order valence-electron chi connectivity index (χ4n) is 4.10. The lowest BCUT2D eigenvalue weighted by Gasteiger charge is -2.33. The molecule has 0 unspecified atom stereocenters. The van der Waals surface area contributed by atoms with Crippen molar-refractivity contribution in [3.05, 3.63) is 27.9 Å². The molecule has 170 valence electrons. The van der Waals surface area contributed by atoms with Gasteiger partial charge in [0.2, 0.25) is 5.91 Å². The van der Waals surface area contributed by atoms with Gasteiger partial charge in [0.25, 0.3) is 5.56 Å². The predicted octanol–water partition coefficient (Wildman–Crippen LogP) is 2.03. The molecule has 0 radical (unpaired) electrons. The first-order valence-electron chi connectivity index (χ1n) is 10.7. The number of likely N-dealkylation sites (tertiary alicyclic amines) is 1. The lowest BCUT2D eigenvalue weighted by molar-refractivity contribution is -0.148. The Bertz CT molecular complexity index is 1020. The van der Waals surface area contributed by atoms with Gasteiger partial charge in [-0.25, -0.2) is 9.20 Å². The summed E-state index contributed by atoms with van der Waals surface area (Å²) >= 11 is 0. The molecular formula is C20H27F3N6O2. The maximum atomic E-state index is 12.9. The Morgan fingerprint density at radius 2 is 2.00 bits per heavy atom. The number of carbonyl (C=O) groups excluding carboxylic acids is 1. The van der Waals surface area contributed by atoms with Crippen LogP contribution in [0, 0.1) is 0 Å². The molecule has 1 saturated heterocycles. The van der Waals surface area contributed by atoms with E-state index in [9.17, 15) is 22.8 Å². The molecule has 2 aromatic heterocycles. The average Bonchev–Trinajstić information content (AvgIpc) is 3.41. The highest BCUT2D eigenvalue weighted by atomic mass is 19.4. The van der Waals surface area contributed by atoms with Crippen LogP contribution in [0.15, 0.2) is 10.9 Å². The quantitative estimate of drug-likeness (QED) is 0.743. The van der Waals surface area contributed by atoms with E-state index in [4.69, 9.17) is 0 Å². The van der Waals surface area contributed by atoms with Gasteiger partial charge in [0.15, 0.2) is 5.82 Å². The zero-order chi connectivity index (χ0) is 22.3. The zero-order valence-electron chi connectivity index (χ0n) is 17.7. The topological polar surface area (TPSA) is 84.5 Å². The second kappa shape index (κ2) is 8.25. The molecule has 1 amide bonds. The molecule has 8 nitrogen and oxygen atoms in total. The lowest BCUT2D eigenvalue weighted by atomic mass is 10.1. The first kappa shape index (κ1) is 21.8. The molecule has 0 bridgehead atoms. The summed E-state index contributed by atoms with van der Waals surface area (Å²) in [4.78, 5) is 26.8. The second-order valence-electron chi connectivity index (χ2n) is 8.87. The molecule has 1 saturated carbocycles. The third-order valence-electron chi connectivity index (χ3n) is 5.70. The normalized spacial score (nSPS) is 20.5. The van der Waals surface area contributed by atoms with Crippen molar-refractivity contribution in [2.45, 2.75) is 70.1 Å². The van der Waals surface area contributed by atoms with Crippen molar-refractivity contribution in [3.8, 4) is 0 Å². The summed E-state index contributed by atoms with van der Waals surface area (Å²) in [6, 6.07) is 1.39. The smallest absolute Gasteiger partial charge is 0.350 e. The number of hydrogen-bond acceptors (Lipinski definition) is 5. The molecular weight excluding hydrogens is 413 g/mol. The first-order chi connectivity index (χ1) is 14.6. The summed E-state index contributed by atoms with van der Waals surface area (Å²) in [5.74, 6) is 0.512. The van der Waals surface area contributed by atoms with Crippen LogP contribution >= 0.6 is 0 Å². The van der Waals surface area contributed by atoms with Gasteiger partial charge in [-0.15, -0.1) is 0 Å². The van der Waals surface area contributed by atoms with Gasteiger partial charge in [0.05, 0.1) is 12.2 Å². The number of hydrogen-bond donors (Lipinski definition) is 1. The Kier molecular flexibility index (Phi) is 5.80. The van der Waals surface area contributed by atoms with Crippen molar-refractivity contribution in [2.24, 2.45) is 0 Å². The summed E-state index contributed by atoms with van der Waals surface area (Å²) in [5, 5.41) is 11.7. The fourth-order valence-corrected chi connectivity index (χ4v) is 4.10. The van der Waals surface area contributed by atoms with Gasteiger partial charge in [0, 0.05) is 24.4 Å². The maximum Gasteiger partial charge on any atom is 0.401 e. The van der Waals surface area contributed by atoms with E-state index in [1.807, 2.05) is 13.8 Å². The highest BCUT2D eigenvalue weighted by molar-refractivity contribution is 5.76. The molecule has 1 atom stereocenters. The molecule has 3 heterocycles. The minimum atomic E-state index is -4.27. The molecule has 4 rings (SSSR count). The molecule has 2 fully saturated rings. The first-order valence-corrected chi connectivity index (χ1v) is 10.7. The van der Waals surface area contributed by atoms with Gasteiger partial charge in [-0.2, -0.15) is 23.4 Å². The molecule has 1 N–H and O–H groups in total. The molecule has 31 heavy (non-hydrogen) atoms. The van der Waals surface area contributed by atoms with Crippen molar-refractivity contribution in [3.63, 3.8) is 0 Å². The number of alkyl halides is 3. The van der Waals surface area contributed by atoms with E-state index in [1.165, 1.54) is 4.90 Å². The minimum absolute atomic E-state index is 0.0152. The number of fused-ring (bicyclic) bond motifs is 1. The van der Waals surface area contributed by atoms with Crippen molar-refractivity contribution in [2.75, 3.05) is 19.6 Å². The van der Waals surface area contributed by atoms with E-state index >= 15 is 0 Å². The Morgan fingerprint density at radius 1 is 1.26 bits per heavy atom. The van der Waals surface area contributed by atoms with E-state index in [2.05, 4.69) is 15.5 Å². The summed E-state index contributed by atoms with van der Waals surface area (Å²) in [5.41, 5.74) is 0.860. The van der Waals surface area contributed by atoms with Crippen LogP contribution in [0.5, 0.6) is 0 Å². The van der Waals surface area contributed by atoms with Crippen LogP contribution in [-0.2, 0) is 11.3 Å². The van der Waals surface area contributed by atoms with Crippen LogP contribution in [0.4, 0.5) is 13.2 Å². The summed E-state index contributed by atoms with van der Waals surface area (Å²) in [6.45, 7) is 3.09. The average molecular weight is 440 g/mol. The zero-order valence-corrected chi connectivity index (χ0v) is 17.7. The molecule has 1 aliphatic heterocycles. The Hall–Kier alpha value is -2.43. The SMILES string of the molecule is CC(C)c1nn(CC(=O)N[C@@H]2CCCN(CC(F)(F)F)C2)c(=O)c2cc(C3CC3)nn12. The van der Waals surface area contributed by atoms with Crippen LogP contribution in [0.3, 0.4) is 0 Å². The predicted molar refractivity (Wildman–Crippen MR) is 107 cm³/mol. The lowest BCUT2D eigenvalue weighted by Crippen LogP contribution is -2.51. The number of piperidine rings is 1. The Balaban J connectivity index is 1.49. The number of nitrogens with one attached hydrogen (secondary N) is 1. The van der Waals surface area contributed by atoms with Crippen molar-refractivity contribution in [1.29, 1.82) is 0 Å². The summed E-state index contributed by atoms with van der Waals surface area (Å²) in [7, 11) is 0. The van der Waals surface area contributed by atoms with Crippen molar-refractivity contribution < 1.29 is 18.0 Å². The fraction of sp³-hybridized carbons (Fsp3) is 0.700. The highest BCUT2D eigenvalue weighted by Gasteiger charge is 2.33. The third-order valence-corrected chi connectivity index (χ3v) is 5.70. The molecule has 0 spiro atoms.